The molecule has 21 heavy (non-hydrogen) atoms. The molecule has 1 aliphatic heterocycles. The number of nitrogens with two attached hydrogens (primary N) is 1. The van der Waals surface area contributed by atoms with Crippen molar-refractivity contribution in [3.63, 3.8) is 0 Å². The van der Waals surface area contributed by atoms with Crippen molar-refractivity contribution in [1.29, 1.82) is 0 Å². The second-order valence-electron chi connectivity index (χ2n) is 4.38. The lowest BCUT2D eigenvalue weighted by atomic mass is 10.2. The predicted octanol–water partition coefficient (Wildman–Crippen LogP) is 0.656. The quantitative estimate of drug-likeness (QED) is 0.717. The Morgan fingerprint density at radius 3 is 3.05 bits per heavy atom. The summed E-state index contributed by atoms with van der Waals surface area (Å²) in [4.78, 5) is 23.6. The van der Waals surface area contributed by atoms with Gasteiger partial charge in [0.25, 0.3) is 5.91 Å². The van der Waals surface area contributed by atoms with Gasteiger partial charge < -0.3 is 15.8 Å². The van der Waals surface area contributed by atoms with Crippen LogP contribution >= 0.6 is 11.8 Å². The first-order chi connectivity index (χ1) is 10.1. The maximum Gasteiger partial charge on any atom is 0.343 e. The third kappa shape index (κ3) is 2.47. The summed E-state index contributed by atoms with van der Waals surface area (Å²) < 4.78 is 6.79. The number of hydrogen-bond acceptors (Lipinski definition) is 6. The van der Waals surface area contributed by atoms with Crippen LogP contribution < -0.4 is 21.5 Å². The van der Waals surface area contributed by atoms with Gasteiger partial charge in [-0.2, -0.15) is 0 Å². The van der Waals surface area contributed by atoms with Crippen LogP contribution in [0.5, 0.6) is 5.75 Å². The number of hydrogen-bond donors (Lipinski definition) is 3. The number of nitrogen functional groups attached to an aromatic ring is 1. The lowest BCUT2D eigenvalue weighted by Gasteiger charge is -2.19. The van der Waals surface area contributed by atoms with Crippen molar-refractivity contribution in [1.82, 2.24) is 14.8 Å². The number of ether oxygens (including phenoxy) is 1. The molecule has 2 heterocycles. The topological polar surface area (TPSA) is 115 Å². The number of amides is 1. The number of aromatic nitrogens is 3. The van der Waals surface area contributed by atoms with Crippen LogP contribution in [-0.4, -0.2) is 27.3 Å². The molecule has 0 aliphatic carbocycles. The van der Waals surface area contributed by atoms with E-state index < -0.39 is 0 Å². The Hall–Kier alpha value is -2.42. The van der Waals surface area contributed by atoms with Crippen LogP contribution in [0.4, 0.5) is 11.4 Å². The molecule has 0 unspecified atom stereocenters. The van der Waals surface area contributed by atoms with Gasteiger partial charge in [-0.1, -0.05) is 0 Å². The molecule has 9 heteroatoms. The summed E-state index contributed by atoms with van der Waals surface area (Å²) in [6.07, 6.45) is 0. The van der Waals surface area contributed by atoms with E-state index in [0.717, 1.165) is 0 Å². The zero-order valence-corrected chi connectivity index (χ0v) is 12.0. The third-order valence-electron chi connectivity index (χ3n) is 2.99. The standard InChI is InChI=1S/C12H13N5O3S/c1-2-17-11(19)15-16-12(17)21-9-4-7-8(3-6(9)13)20-5-10(18)14-7/h3-4H,2,5,13H2,1H3,(H,14,18)(H,15,19). The van der Waals surface area contributed by atoms with E-state index in [0.29, 0.717) is 33.7 Å². The molecule has 0 saturated heterocycles. The second kappa shape index (κ2) is 5.17. The number of rotatable bonds is 3. The zero-order valence-electron chi connectivity index (χ0n) is 11.2. The van der Waals surface area contributed by atoms with Crippen molar-refractivity contribution >= 4 is 29.0 Å². The summed E-state index contributed by atoms with van der Waals surface area (Å²) >= 11 is 1.25. The molecule has 0 fully saturated rings. The fourth-order valence-corrected chi connectivity index (χ4v) is 2.93. The number of H-pyrrole nitrogens is 1. The smallest absolute Gasteiger partial charge is 0.343 e. The molecule has 4 N–H and O–H groups in total. The molecule has 2 aromatic rings. The van der Waals surface area contributed by atoms with Gasteiger partial charge in [-0.15, -0.1) is 5.10 Å². The SMILES string of the molecule is CCn1c(Sc2cc3c(cc2N)OCC(=O)N3)n[nH]c1=O. The molecular formula is C12H13N5O3S. The van der Waals surface area contributed by atoms with E-state index in [-0.39, 0.29) is 18.2 Å². The van der Waals surface area contributed by atoms with E-state index in [9.17, 15) is 9.59 Å². The average Bonchev–Trinajstić information content (AvgIpc) is 2.80. The van der Waals surface area contributed by atoms with Crippen LogP contribution in [0.3, 0.4) is 0 Å². The van der Waals surface area contributed by atoms with Crippen molar-refractivity contribution in [3.8, 4) is 5.75 Å². The van der Waals surface area contributed by atoms with Gasteiger partial charge in [0, 0.05) is 23.2 Å². The first-order valence-corrected chi connectivity index (χ1v) is 7.09. The first kappa shape index (κ1) is 13.6. The average molecular weight is 307 g/mol. The van der Waals surface area contributed by atoms with Crippen molar-refractivity contribution in [2.45, 2.75) is 23.5 Å². The number of anilines is 2. The van der Waals surface area contributed by atoms with E-state index in [1.165, 1.54) is 16.3 Å². The summed E-state index contributed by atoms with van der Waals surface area (Å²) in [5.74, 6) is 0.319. The molecule has 8 nitrogen and oxygen atoms in total. The van der Waals surface area contributed by atoms with E-state index in [4.69, 9.17) is 10.5 Å². The number of nitrogens with zero attached hydrogens (tertiary/aromatic N) is 2. The summed E-state index contributed by atoms with van der Waals surface area (Å²) in [7, 11) is 0. The minimum atomic E-state index is -0.270. The predicted molar refractivity (Wildman–Crippen MR) is 77.6 cm³/mol. The van der Waals surface area contributed by atoms with Crippen LogP contribution in [0.25, 0.3) is 0 Å². The highest BCUT2D eigenvalue weighted by molar-refractivity contribution is 7.99. The van der Waals surface area contributed by atoms with Gasteiger partial charge >= 0.3 is 5.69 Å². The highest BCUT2D eigenvalue weighted by atomic mass is 32.2. The molecule has 0 radical (unpaired) electrons. The van der Waals surface area contributed by atoms with Gasteiger partial charge in [0.1, 0.15) is 5.75 Å². The molecule has 1 aliphatic rings. The van der Waals surface area contributed by atoms with Gasteiger partial charge in [0.15, 0.2) is 11.8 Å². The lowest BCUT2D eigenvalue weighted by molar-refractivity contribution is -0.118. The first-order valence-electron chi connectivity index (χ1n) is 6.27. The minimum Gasteiger partial charge on any atom is -0.482 e. The molecule has 110 valence electrons. The third-order valence-corrected chi connectivity index (χ3v) is 4.05. The maximum atomic E-state index is 11.5. The molecule has 0 spiro atoms. The number of fused-ring (bicyclic) bond motifs is 1. The van der Waals surface area contributed by atoms with Gasteiger partial charge in [0.05, 0.1) is 5.69 Å². The Labute approximate surface area is 123 Å². The van der Waals surface area contributed by atoms with Crippen LogP contribution in [0, 0.1) is 0 Å². The van der Waals surface area contributed by atoms with Crippen molar-refractivity contribution in [3.05, 3.63) is 22.6 Å². The van der Waals surface area contributed by atoms with E-state index in [1.807, 2.05) is 6.92 Å². The monoisotopic (exact) mass is 307 g/mol. The van der Waals surface area contributed by atoms with E-state index in [2.05, 4.69) is 15.5 Å². The normalized spacial score (nSPS) is 13.5. The van der Waals surface area contributed by atoms with Crippen LogP contribution in [-0.2, 0) is 11.3 Å². The Balaban J connectivity index is 1.97. The molecule has 1 amide bonds. The molecular weight excluding hydrogens is 294 g/mol. The fraction of sp³-hybridized carbons (Fsp3) is 0.250. The van der Waals surface area contributed by atoms with Crippen LogP contribution in [0.1, 0.15) is 6.92 Å². The fourth-order valence-electron chi connectivity index (χ4n) is 1.97. The lowest BCUT2D eigenvalue weighted by Crippen LogP contribution is -2.25. The Morgan fingerprint density at radius 2 is 2.29 bits per heavy atom. The van der Waals surface area contributed by atoms with Gasteiger partial charge in [-0.3, -0.25) is 9.36 Å². The Morgan fingerprint density at radius 1 is 1.48 bits per heavy atom. The maximum absolute atomic E-state index is 11.5. The molecule has 0 saturated carbocycles. The summed E-state index contributed by atoms with van der Waals surface area (Å²) in [6.45, 7) is 2.33. The highest BCUT2D eigenvalue weighted by Crippen LogP contribution is 2.38. The number of benzene rings is 1. The van der Waals surface area contributed by atoms with Crippen LogP contribution in [0.2, 0.25) is 0 Å². The number of aromatic amines is 1. The number of carbonyl (C=O) groups excluding carboxylic acids is 1. The molecule has 1 aromatic carbocycles. The number of carbonyl (C=O) groups is 1. The Kier molecular flexibility index (Phi) is 3.34. The van der Waals surface area contributed by atoms with E-state index in [1.54, 1.807) is 12.1 Å². The minimum absolute atomic E-state index is 0.0202. The molecule has 3 rings (SSSR count). The van der Waals surface area contributed by atoms with Gasteiger partial charge in [-0.05, 0) is 24.8 Å². The largest absolute Gasteiger partial charge is 0.482 e. The summed E-state index contributed by atoms with van der Waals surface area (Å²) in [5, 5.41) is 9.59. The molecule has 0 atom stereocenters. The van der Waals surface area contributed by atoms with Gasteiger partial charge in [-0.25, -0.2) is 9.89 Å². The van der Waals surface area contributed by atoms with Crippen LogP contribution in [0.15, 0.2) is 27.0 Å². The number of nitrogens with one attached hydrogen (secondary N) is 2. The van der Waals surface area contributed by atoms with Crippen molar-refractivity contribution in [2.24, 2.45) is 0 Å². The van der Waals surface area contributed by atoms with Crippen molar-refractivity contribution < 1.29 is 9.53 Å². The summed E-state index contributed by atoms with van der Waals surface area (Å²) in [6, 6.07) is 3.36. The van der Waals surface area contributed by atoms with E-state index >= 15 is 0 Å². The Bertz CT molecular complexity index is 767. The van der Waals surface area contributed by atoms with Crippen molar-refractivity contribution in [2.75, 3.05) is 17.7 Å². The van der Waals surface area contributed by atoms with Gasteiger partial charge in [0.2, 0.25) is 0 Å². The summed E-state index contributed by atoms with van der Waals surface area (Å²) in [5.41, 5.74) is 6.77. The highest BCUT2D eigenvalue weighted by Gasteiger charge is 2.19. The molecule has 1 aromatic heterocycles. The molecule has 0 bridgehead atoms. The second-order valence-corrected chi connectivity index (χ2v) is 5.39. The zero-order chi connectivity index (χ0) is 15.0.